The molecule has 0 saturated carbocycles. The quantitative estimate of drug-likeness (QED) is 0.828. The zero-order valence-electron chi connectivity index (χ0n) is 12.1. The molecule has 4 heteroatoms. The summed E-state index contributed by atoms with van der Waals surface area (Å²) in [5.74, 6) is -0.506. The lowest BCUT2D eigenvalue weighted by atomic mass is 10.2. The van der Waals surface area contributed by atoms with E-state index in [0.717, 1.165) is 18.7 Å². The fourth-order valence-electron chi connectivity index (χ4n) is 2.03. The Hall–Kier alpha value is -2.36. The van der Waals surface area contributed by atoms with Gasteiger partial charge in [0.25, 0.3) is 5.91 Å². The number of rotatable bonds is 6. The monoisotopic (exact) mass is 286 g/mol. The number of nitrogens with one attached hydrogen (secondary N) is 1. The van der Waals surface area contributed by atoms with Gasteiger partial charge in [0.05, 0.1) is 0 Å². The van der Waals surface area contributed by atoms with Crippen molar-refractivity contribution in [2.24, 2.45) is 0 Å². The molecule has 0 aliphatic rings. The highest BCUT2D eigenvalue weighted by Gasteiger charge is 2.05. The molecule has 1 N–H and O–H groups in total. The Kier molecular flexibility index (Phi) is 5.32. The van der Waals surface area contributed by atoms with E-state index in [9.17, 15) is 9.18 Å². The number of amides is 1. The van der Waals surface area contributed by atoms with Crippen molar-refractivity contribution in [2.45, 2.75) is 6.42 Å². The average molecular weight is 286 g/mol. The van der Waals surface area contributed by atoms with Gasteiger partial charge in [0.2, 0.25) is 0 Å². The molecule has 2 aromatic carbocycles. The van der Waals surface area contributed by atoms with Gasteiger partial charge in [-0.25, -0.2) is 4.39 Å². The maximum atomic E-state index is 12.8. The van der Waals surface area contributed by atoms with E-state index in [1.54, 1.807) is 0 Å². The molecule has 0 aliphatic heterocycles. The standard InChI is InChI=1S/C17H19FN2O/c1-20(16-6-3-2-4-7-16)13-5-12-19-17(21)14-8-10-15(18)11-9-14/h2-4,6-11H,5,12-13H2,1H3,(H,19,21). The van der Waals surface area contributed by atoms with Crippen molar-refractivity contribution in [3.63, 3.8) is 0 Å². The van der Waals surface area contributed by atoms with Crippen LogP contribution in [0.2, 0.25) is 0 Å². The molecular weight excluding hydrogens is 267 g/mol. The van der Waals surface area contributed by atoms with Gasteiger partial charge in [-0.1, -0.05) is 18.2 Å². The molecular formula is C17H19FN2O. The Morgan fingerprint density at radius 2 is 1.76 bits per heavy atom. The average Bonchev–Trinajstić information content (AvgIpc) is 2.52. The lowest BCUT2D eigenvalue weighted by molar-refractivity contribution is 0.0953. The van der Waals surface area contributed by atoms with Gasteiger partial charge < -0.3 is 10.2 Å². The Morgan fingerprint density at radius 3 is 2.43 bits per heavy atom. The largest absolute Gasteiger partial charge is 0.375 e. The first-order chi connectivity index (χ1) is 10.2. The fraction of sp³-hybridized carbons (Fsp3) is 0.235. The van der Waals surface area contributed by atoms with E-state index in [1.165, 1.54) is 24.3 Å². The molecule has 0 aromatic heterocycles. The number of para-hydroxylation sites is 1. The molecule has 0 radical (unpaired) electrons. The minimum absolute atomic E-state index is 0.169. The van der Waals surface area contributed by atoms with Crippen LogP contribution in [0.25, 0.3) is 0 Å². The van der Waals surface area contributed by atoms with Crippen LogP contribution in [0.3, 0.4) is 0 Å². The number of halogens is 1. The van der Waals surface area contributed by atoms with Crippen molar-refractivity contribution < 1.29 is 9.18 Å². The second kappa shape index (κ2) is 7.43. The molecule has 3 nitrogen and oxygen atoms in total. The predicted octanol–water partition coefficient (Wildman–Crippen LogP) is 3.08. The maximum Gasteiger partial charge on any atom is 0.251 e. The lowest BCUT2D eigenvalue weighted by Crippen LogP contribution is -2.28. The van der Waals surface area contributed by atoms with Crippen LogP contribution in [0.15, 0.2) is 54.6 Å². The molecule has 0 heterocycles. The second-order valence-electron chi connectivity index (χ2n) is 4.87. The molecule has 0 aliphatic carbocycles. The van der Waals surface area contributed by atoms with Gasteiger partial charge in [-0.05, 0) is 42.8 Å². The summed E-state index contributed by atoms with van der Waals surface area (Å²) < 4.78 is 12.8. The molecule has 0 unspecified atom stereocenters. The zero-order valence-corrected chi connectivity index (χ0v) is 12.1. The molecule has 0 bridgehead atoms. The SMILES string of the molecule is CN(CCCNC(=O)c1ccc(F)cc1)c1ccccc1. The molecule has 2 rings (SSSR count). The van der Waals surface area contributed by atoms with Crippen LogP contribution in [0.5, 0.6) is 0 Å². The number of anilines is 1. The molecule has 110 valence electrons. The van der Waals surface area contributed by atoms with E-state index in [-0.39, 0.29) is 11.7 Å². The first kappa shape index (κ1) is 15.0. The van der Waals surface area contributed by atoms with Crippen LogP contribution in [-0.4, -0.2) is 26.0 Å². The van der Waals surface area contributed by atoms with Crippen LogP contribution in [0, 0.1) is 5.82 Å². The van der Waals surface area contributed by atoms with Gasteiger partial charge in [0.1, 0.15) is 5.82 Å². The van der Waals surface area contributed by atoms with Crippen LogP contribution in [0.1, 0.15) is 16.8 Å². The Bertz CT molecular complexity index is 569. The lowest BCUT2D eigenvalue weighted by Gasteiger charge is -2.19. The molecule has 0 atom stereocenters. The highest BCUT2D eigenvalue weighted by Crippen LogP contribution is 2.10. The summed E-state index contributed by atoms with van der Waals surface area (Å²) in [4.78, 5) is 14.0. The highest BCUT2D eigenvalue weighted by atomic mass is 19.1. The predicted molar refractivity (Wildman–Crippen MR) is 83.1 cm³/mol. The zero-order chi connectivity index (χ0) is 15.1. The van der Waals surface area contributed by atoms with Crippen LogP contribution in [-0.2, 0) is 0 Å². The third kappa shape index (κ3) is 4.60. The smallest absolute Gasteiger partial charge is 0.251 e. The van der Waals surface area contributed by atoms with Crippen molar-refractivity contribution in [3.8, 4) is 0 Å². The van der Waals surface area contributed by atoms with Gasteiger partial charge >= 0.3 is 0 Å². The van der Waals surface area contributed by atoms with E-state index in [1.807, 2.05) is 25.2 Å². The van der Waals surface area contributed by atoms with Gasteiger partial charge in [-0.15, -0.1) is 0 Å². The van der Waals surface area contributed by atoms with E-state index in [2.05, 4.69) is 22.3 Å². The molecule has 21 heavy (non-hydrogen) atoms. The summed E-state index contributed by atoms with van der Waals surface area (Å²) in [5, 5.41) is 2.84. The minimum atomic E-state index is -0.337. The van der Waals surface area contributed by atoms with Crippen molar-refractivity contribution in [2.75, 3.05) is 25.0 Å². The topological polar surface area (TPSA) is 32.3 Å². The number of carbonyl (C=O) groups excluding carboxylic acids is 1. The van der Waals surface area contributed by atoms with Crippen molar-refractivity contribution in [1.29, 1.82) is 0 Å². The molecule has 2 aromatic rings. The minimum Gasteiger partial charge on any atom is -0.375 e. The fourth-order valence-corrected chi connectivity index (χ4v) is 2.03. The Balaban J connectivity index is 1.72. The molecule has 0 saturated heterocycles. The van der Waals surface area contributed by atoms with Gasteiger partial charge in [0.15, 0.2) is 0 Å². The highest BCUT2D eigenvalue weighted by molar-refractivity contribution is 5.94. The molecule has 0 fully saturated rings. The third-order valence-electron chi connectivity index (χ3n) is 3.26. The van der Waals surface area contributed by atoms with E-state index in [0.29, 0.717) is 12.1 Å². The van der Waals surface area contributed by atoms with Crippen molar-refractivity contribution >= 4 is 11.6 Å². The summed E-state index contributed by atoms with van der Waals surface area (Å²) in [6.07, 6.45) is 0.846. The summed E-state index contributed by atoms with van der Waals surface area (Å²) in [5.41, 5.74) is 1.63. The van der Waals surface area contributed by atoms with Gasteiger partial charge in [0, 0.05) is 31.4 Å². The van der Waals surface area contributed by atoms with Crippen molar-refractivity contribution in [3.05, 3.63) is 66.0 Å². The summed E-state index contributed by atoms with van der Waals surface area (Å²) in [6, 6.07) is 15.6. The number of hydrogen-bond donors (Lipinski definition) is 1. The van der Waals surface area contributed by atoms with Gasteiger partial charge in [-0.3, -0.25) is 4.79 Å². The van der Waals surface area contributed by atoms with E-state index < -0.39 is 0 Å². The first-order valence-electron chi connectivity index (χ1n) is 6.97. The summed E-state index contributed by atoms with van der Waals surface area (Å²) >= 11 is 0. The normalized spacial score (nSPS) is 10.2. The third-order valence-corrected chi connectivity index (χ3v) is 3.26. The van der Waals surface area contributed by atoms with Crippen molar-refractivity contribution in [1.82, 2.24) is 5.32 Å². The number of carbonyl (C=O) groups is 1. The van der Waals surface area contributed by atoms with E-state index in [4.69, 9.17) is 0 Å². The van der Waals surface area contributed by atoms with Gasteiger partial charge in [-0.2, -0.15) is 0 Å². The summed E-state index contributed by atoms with van der Waals surface area (Å²) in [7, 11) is 2.02. The Labute approximate surface area is 124 Å². The van der Waals surface area contributed by atoms with Crippen LogP contribution >= 0.6 is 0 Å². The molecule has 0 spiro atoms. The van der Waals surface area contributed by atoms with E-state index >= 15 is 0 Å². The number of benzene rings is 2. The Morgan fingerprint density at radius 1 is 1.10 bits per heavy atom. The van der Waals surface area contributed by atoms with Crippen LogP contribution in [0.4, 0.5) is 10.1 Å². The second-order valence-corrected chi connectivity index (χ2v) is 4.87. The number of hydrogen-bond acceptors (Lipinski definition) is 2. The molecule has 1 amide bonds. The first-order valence-corrected chi connectivity index (χ1v) is 6.97. The summed E-state index contributed by atoms with van der Waals surface area (Å²) in [6.45, 7) is 1.45. The van der Waals surface area contributed by atoms with Crippen LogP contribution < -0.4 is 10.2 Å². The number of nitrogens with zero attached hydrogens (tertiary/aromatic N) is 1. The maximum absolute atomic E-state index is 12.8.